The van der Waals surface area contributed by atoms with Gasteiger partial charge in [0.05, 0.1) is 5.25 Å². The Kier molecular flexibility index (Phi) is 6.16. The van der Waals surface area contributed by atoms with Gasteiger partial charge in [0.1, 0.15) is 11.9 Å². The van der Waals surface area contributed by atoms with Crippen LogP contribution in [0.4, 0.5) is 4.39 Å². The van der Waals surface area contributed by atoms with Gasteiger partial charge in [-0.3, -0.25) is 9.59 Å². The zero-order valence-electron chi connectivity index (χ0n) is 15.4. The van der Waals surface area contributed by atoms with E-state index in [0.29, 0.717) is 24.3 Å². The van der Waals surface area contributed by atoms with Gasteiger partial charge >= 0.3 is 0 Å². The maximum absolute atomic E-state index is 13.8. The molecule has 142 valence electrons. The van der Waals surface area contributed by atoms with Gasteiger partial charge in [-0.2, -0.15) is 0 Å². The van der Waals surface area contributed by atoms with E-state index in [1.54, 1.807) is 30.1 Å². The average Bonchev–Trinajstić information content (AvgIpc) is 2.66. The Labute approximate surface area is 163 Å². The van der Waals surface area contributed by atoms with E-state index in [9.17, 15) is 14.0 Å². The summed E-state index contributed by atoms with van der Waals surface area (Å²) in [6.07, 6.45) is 0.323. The van der Waals surface area contributed by atoms with Gasteiger partial charge in [0, 0.05) is 19.3 Å². The highest BCUT2D eigenvalue weighted by Gasteiger charge is 2.34. The van der Waals surface area contributed by atoms with Gasteiger partial charge < -0.3 is 10.2 Å². The summed E-state index contributed by atoms with van der Waals surface area (Å²) < 4.78 is 13.8. The van der Waals surface area contributed by atoms with E-state index in [1.807, 2.05) is 31.2 Å². The SMILES string of the molecule is Cc1ccccc1CN(C)C(=O)C1CSC(Cc2ccccc2F)C(=O)N1. The molecule has 0 radical (unpaired) electrons. The fourth-order valence-electron chi connectivity index (χ4n) is 3.13. The zero-order valence-corrected chi connectivity index (χ0v) is 16.3. The van der Waals surface area contributed by atoms with Gasteiger partial charge in [0.15, 0.2) is 0 Å². The van der Waals surface area contributed by atoms with Crippen molar-refractivity contribution in [2.75, 3.05) is 12.8 Å². The van der Waals surface area contributed by atoms with Gasteiger partial charge in [-0.15, -0.1) is 11.8 Å². The number of carbonyl (C=O) groups excluding carboxylic acids is 2. The number of nitrogens with zero attached hydrogens (tertiary/aromatic N) is 1. The average molecular weight is 386 g/mol. The van der Waals surface area contributed by atoms with Crippen LogP contribution in [0.1, 0.15) is 16.7 Å². The monoisotopic (exact) mass is 386 g/mol. The number of halogens is 1. The Hall–Kier alpha value is -2.34. The Morgan fingerprint density at radius 2 is 1.85 bits per heavy atom. The number of nitrogens with one attached hydrogen (secondary N) is 1. The maximum atomic E-state index is 13.8. The first-order chi connectivity index (χ1) is 13.0. The molecule has 2 aromatic carbocycles. The van der Waals surface area contributed by atoms with Crippen molar-refractivity contribution in [1.29, 1.82) is 0 Å². The third-order valence-electron chi connectivity index (χ3n) is 4.78. The molecule has 0 aliphatic carbocycles. The summed E-state index contributed by atoms with van der Waals surface area (Å²) in [6.45, 7) is 2.51. The summed E-state index contributed by atoms with van der Waals surface area (Å²) in [5.41, 5.74) is 2.73. The number of benzene rings is 2. The van der Waals surface area contributed by atoms with E-state index in [1.165, 1.54) is 17.8 Å². The lowest BCUT2D eigenvalue weighted by Crippen LogP contribution is -2.54. The van der Waals surface area contributed by atoms with E-state index in [0.717, 1.165) is 11.1 Å². The third kappa shape index (κ3) is 4.69. The minimum Gasteiger partial charge on any atom is -0.343 e. The van der Waals surface area contributed by atoms with E-state index in [2.05, 4.69) is 5.32 Å². The number of amides is 2. The number of thioether (sulfide) groups is 1. The van der Waals surface area contributed by atoms with Crippen molar-refractivity contribution in [2.24, 2.45) is 0 Å². The summed E-state index contributed by atoms with van der Waals surface area (Å²) in [6, 6.07) is 13.9. The number of aryl methyl sites for hydroxylation is 1. The molecular weight excluding hydrogens is 363 g/mol. The molecule has 0 bridgehead atoms. The lowest BCUT2D eigenvalue weighted by Gasteiger charge is -2.31. The van der Waals surface area contributed by atoms with Crippen LogP contribution in [0.25, 0.3) is 0 Å². The number of hydrogen-bond acceptors (Lipinski definition) is 3. The van der Waals surface area contributed by atoms with Crippen molar-refractivity contribution in [3.05, 3.63) is 71.0 Å². The molecule has 3 rings (SSSR count). The number of rotatable bonds is 5. The zero-order chi connectivity index (χ0) is 19.4. The second kappa shape index (κ2) is 8.57. The van der Waals surface area contributed by atoms with Crippen LogP contribution in [-0.4, -0.2) is 40.8 Å². The van der Waals surface area contributed by atoms with Gasteiger partial charge in [0.2, 0.25) is 11.8 Å². The summed E-state index contributed by atoms with van der Waals surface area (Å²) >= 11 is 1.41. The molecule has 2 atom stereocenters. The minimum absolute atomic E-state index is 0.108. The van der Waals surface area contributed by atoms with Crippen molar-refractivity contribution in [2.45, 2.75) is 31.2 Å². The molecule has 6 heteroatoms. The molecule has 2 amide bonds. The Balaban J connectivity index is 1.58. The van der Waals surface area contributed by atoms with Crippen molar-refractivity contribution < 1.29 is 14.0 Å². The second-order valence-electron chi connectivity index (χ2n) is 6.80. The van der Waals surface area contributed by atoms with Crippen LogP contribution in [0.2, 0.25) is 0 Å². The molecule has 1 fully saturated rings. The molecule has 1 saturated heterocycles. The lowest BCUT2D eigenvalue weighted by atomic mass is 10.1. The first kappa shape index (κ1) is 19.4. The largest absolute Gasteiger partial charge is 0.343 e. The molecule has 0 aromatic heterocycles. The second-order valence-corrected chi connectivity index (χ2v) is 8.04. The molecule has 27 heavy (non-hydrogen) atoms. The molecule has 2 unspecified atom stereocenters. The van der Waals surface area contributed by atoms with Crippen molar-refractivity contribution in [1.82, 2.24) is 10.2 Å². The van der Waals surface area contributed by atoms with Crippen LogP contribution in [0.5, 0.6) is 0 Å². The highest BCUT2D eigenvalue weighted by atomic mass is 32.2. The normalized spacial score (nSPS) is 19.4. The van der Waals surface area contributed by atoms with E-state index >= 15 is 0 Å². The Morgan fingerprint density at radius 1 is 1.19 bits per heavy atom. The molecule has 4 nitrogen and oxygen atoms in total. The first-order valence-electron chi connectivity index (χ1n) is 8.90. The predicted molar refractivity (Wildman–Crippen MR) is 106 cm³/mol. The summed E-state index contributed by atoms with van der Waals surface area (Å²) in [5.74, 6) is -0.135. The van der Waals surface area contributed by atoms with Crippen LogP contribution in [-0.2, 0) is 22.6 Å². The number of hydrogen-bond donors (Lipinski definition) is 1. The fraction of sp³-hybridized carbons (Fsp3) is 0.333. The standard InChI is InChI=1S/C21H23FN2O2S/c1-14-7-3-4-9-16(14)12-24(2)21(26)18-13-27-19(20(25)23-18)11-15-8-5-6-10-17(15)22/h3-10,18-19H,11-13H2,1-2H3,(H,23,25). The molecule has 1 aliphatic rings. The van der Waals surface area contributed by atoms with Gasteiger partial charge in [-0.25, -0.2) is 4.39 Å². The van der Waals surface area contributed by atoms with E-state index < -0.39 is 6.04 Å². The van der Waals surface area contributed by atoms with Crippen molar-refractivity contribution in [3.63, 3.8) is 0 Å². The summed E-state index contributed by atoms with van der Waals surface area (Å²) in [7, 11) is 1.75. The first-order valence-corrected chi connectivity index (χ1v) is 9.95. The lowest BCUT2D eigenvalue weighted by molar-refractivity contribution is -0.135. The minimum atomic E-state index is -0.548. The van der Waals surface area contributed by atoms with Crippen molar-refractivity contribution in [3.8, 4) is 0 Å². The summed E-state index contributed by atoms with van der Waals surface area (Å²) in [5, 5.41) is 2.43. The molecule has 1 aliphatic heterocycles. The molecule has 2 aromatic rings. The highest BCUT2D eigenvalue weighted by Crippen LogP contribution is 2.24. The topological polar surface area (TPSA) is 49.4 Å². The molecule has 1 heterocycles. The van der Waals surface area contributed by atoms with Gasteiger partial charge in [-0.1, -0.05) is 42.5 Å². The van der Waals surface area contributed by atoms with Crippen LogP contribution in [0.15, 0.2) is 48.5 Å². The number of carbonyl (C=O) groups is 2. The Bertz CT molecular complexity index is 842. The van der Waals surface area contributed by atoms with Crippen LogP contribution < -0.4 is 5.32 Å². The van der Waals surface area contributed by atoms with Gasteiger partial charge in [0.25, 0.3) is 0 Å². The smallest absolute Gasteiger partial charge is 0.246 e. The van der Waals surface area contributed by atoms with Gasteiger partial charge in [-0.05, 0) is 36.1 Å². The van der Waals surface area contributed by atoms with E-state index in [4.69, 9.17) is 0 Å². The maximum Gasteiger partial charge on any atom is 0.246 e. The van der Waals surface area contributed by atoms with Crippen molar-refractivity contribution >= 4 is 23.6 Å². The van der Waals surface area contributed by atoms with E-state index in [-0.39, 0.29) is 22.9 Å². The highest BCUT2D eigenvalue weighted by molar-refractivity contribution is 8.00. The third-order valence-corrected chi connectivity index (χ3v) is 6.09. The molecule has 0 spiro atoms. The van der Waals surface area contributed by atoms with Crippen LogP contribution in [0.3, 0.4) is 0 Å². The molecular formula is C21H23FN2O2S. The molecule has 0 saturated carbocycles. The quantitative estimate of drug-likeness (QED) is 0.860. The Morgan fingerprint density at radius 3 is 2.52 bits per heavy atom. The summed E-state index contributed by atoms with van der Waals surface area (Å²) in [4.78, 5) is 26.8. The van der Waals surface area contributed by atoms with Crippen LogP contribution >= 0.6 is 11.8 Å². The fourth-order valence-corrected chi connectivity index (χ4v) is 4.30. The number of likely N-dealkylation sites (N-methyl/N-ethyl adjacent to an activating group) is 1. The molecule has 1 N–H and O–H groups in total. The predicted octanol–water partition coefficient (Wildman–Crippen LogP) is 2.94. The van der Waals surface area contributed by atoms with Crippen LogP contribution in [0, 0.1) is 12.7 Å².